The number of hydrogen-bond donors (Lipinski definition) is 1. The molecule has 0 unspecified atom stereocenters. The lowest BCUT2D eigenvalue weighted by molar-refractivity contribution is -0.138. The van der Waals surface area contributed by atoms with E-state index in [1.165, 1.54) is 6.92 Å². The third-order valence-corrected chi connectivity index (χ3v) is 4.77. The van der Waals surface area contributed by atoms with Crippen LogP contribution in [0, 0.1) is 6.92 Å². The number of alkyl halides is 3. The van der Waals surface area contributed by atoms with Crippen molar-refractivity contribution in [3.8, 4) is 17.0 Å². The summed E-state index contributed by atoms with van der Waals surface area (Å²) in [6.07, 6.45) is -0.0527. The van der Waals surface area contributed by atoms with Crippen LogP contribution in [0.5, 0.6) is 5.75 Å². The number of H-pyrrole nitrogens is 1. The number of nitrogens with zero attached hydrogens (tertiary/aromatic N) is 2. The van der Waals surface area contributed by atoms with Gasteiger partial charge in [0.15, 0.2) is 0 Å². The summed E-state index contributed by atoms with van der Waals surface area (Å²) in [5.74, 6) is 0.189. The zero-order valence-corrected chi connectivity index (χ0v) is 17.5. The molecule has 0 fully saturated rings. The van der Waals surface area contributed by atoms with Gasteiger partial charge in [-0.05, 0) is 44.6 Å². The van der Waals surface area contributed by atoms with E-state index in [1.807, 2.05) is 7.05 Å². The van der Waals surface area contributed by atoms with Crippen molar-refractivity contribution in [1.29, 1.82) is 0 Å². The molecule has 1 heterocycles. The van der Waals surface area contributed by atoms with Gasteiger partial charge in [0.25, 0.3) is 0 Å². The Kier molecular flexibility index (Phi) is 8.52. The Morgan fingerprint density at radius 2 is 1.93 bits per heavy atom. The molecule has 2 rings (SSSR count). The van der Waals surface area contributed by atoms with E-state index in [0.717, 1.165) is 31.0 Å². The lowest BCUT2D eigenvalue weighted by Crippen LogP contribution is -2.19. The fraction of sp³-hybridized carbons (Fsp3) is 0.571. The highest BCUT2D eigenvalue weighted by molar-refractivity contribution is 5.70. The zero-order valence-electron chi connectivity index (χ0n) is 17.5. The molecule has 8 heteroatoms. The van der Waals surface area contributed by atoms with Crippen LogP contribution in [0.15, 0.2) is 18.3 Å². The molecule has 0 aliphatic rings. The normalized spacial score (nSPS) is 12.0. The average Bonchev–Trinajstić information content (AvgIpc) is 3.11. The average molecular weight is 413 g/mol. The maximum absolute atomic E-state index is 13.6. The Hall–Kier alpha value is -2.06. The van der Waals surface area contributed by atoms with E-state index >= 15 is 0 Å². The van der Waals surface area contributed by atoms with Crippen molar-refractivity contribution in [2.45, 2.75) is 45.8 Å². The molecule has 1 aromatic heterocycles. The molecule has 29 heavy (non-hydrogen) atoms. The number of halogens is 3. The van der Waals surface area contributed by atoms with E-state index in [-0.39, 0.29) is 17.9 Å². The van der Waals surface area contributed by atoms with Gasteiger partial charge in [0.2, 0.25) is 0 Å². The summed E-state index contributed by atoms with van der Waals surface area (Å²) in [6, 6.07) is 2.72. The van der Waals surface area contributed by atoms with Crippen LogP contribution in [-0.2, 0) is 17.5 Å². The number of hydrogen-bond acceptors (Lipinski definition) is 4. The van der Waals surface area contributed by atoms with Crippen LogP contribution in [0.2, 0.25) is 0 Å². The minimum absolute atomic E-state index is 0.156. The molecular weight excluding hydrogens is 383 g/mol. The van der Waals surface area contributed by atoms with Gasteiger partial charge >= 0.3 is 6.18 Å². The van der Waals surface area contributed by atoms with Crippen molar-refractivity contribution in [2.24, 2.45) is 0 Å². The summed E-state index contributed by atoms with van der Waals surface area (Å²) in [6.45, 7) is 5.89. The fourth-order valence-corrected chi connectivity index (χ4v) is 3.18. The number of aromatic nitrogens is 2. The largest absolute Gasteiger partial charge is 0.493 e. The Labute approximate surface area is 170 Å². The SMILES string of the molecule is CCCCN(C)Cc1cn[nH]c1-c1cc(OCCCOC)cc(C(F)(F)F)c1C. The molecule has 0 aliphatic carbocycles. The van der Waals surface area contributed by atoms with Crippen LogP contribution in [0.4, 0.5) is 13.2 Å². The summed E-state index contributed by atoms with van der Waals surface area (Å²) in [5, 5.41) is 6.98. The third-order valence-electron chi connectivity index (χ3n) is 4.77. The quantitative estimate of drug-likeness (QED) is 0.524. The van der Waals surface area contributed by atoms with Crippen LogP contribution in [0.3, 0.4) is 0 Å². The van der Waals surface area contributed by atoms with Crippen molar-refractivity contribution in [3.05, 3.63) is 35.0 Å². The first-order valence-corrected chi connectivity index (χ1v) is 9.82. The molecule has 0 atom stereocenters. The predicted molar refractivity (Wildman–Crippen MR) is 107 cm³/mol. The second-order valence-corrected chi connectivity index (χ2v) is 7.20. The van der Waals surface area contributed by atoms with E-state index in [2.05, 4.69) is 22.0 Å². The molecule has 0 amide bonds. The second-order valence-electron chi connectivity index (χ2n) is 7.20. The molecule has 0 spiro atoms. The number of ether oxygens (including phenoxy) is 2. The molecule has 0 radical (unpaired) electrons. The maximum Gasteiger partial charge on any atom is 0.416 e. The molecule has 5 nitrogen and oxygen atoms in total. The molecule has 1 N–H and O–H groups in total. The van der Waals surface area contributed by atoms with Gasteiger partial charge in [-0.1, -0.05) is 13.3 Å². The van der Waals surface area contributed by atoms with Gasteiger partial charge in [0.1, 0.15) is 5.75 Å². The summed E-state index contributed by atoms with van der Waals surface area (Å²) in [7, 11) is 3.57. The maximum atomic E-state index is 13.6. The van der Waals surface area contributed by atoms with E-state index in [1.54, 1.807) is 19.4 Å². The highest BCUT2D eigenvalue weighted by Crippen LogP contribution is 2.39. The lowest BCUT2D eigenvalue weighted by Gasteiger charge is -2.19. The molecule has 0 saturated heterocycles. The van der Waals surface area contributed by atoms with E-state index in [0.29, 0.717) is 30.8 Å². The number of rotatable bonds is 11. The van der Waals surface area contributed by atoms with Crippen LogP contribution < -0.4 is 4.74 Å². The van der Waals surface area contributed by atoms with Gasteiger partial charge in [-0.15, -0.1) is 0 Å². The monoisotopic (exact) mass is 413 g/mol. The molecule has 0 saturated carbocycles. The van der Waals surface area contributed by atoms with E-state index in [9.17, 15) is 13.2 Å². The first-order valence-electron chi connectivity index (χ1n) is 9.82. The molecule has 1 aromatic carbocycles. The Morgan fingerprint density at radius 1 is 1.17 bits per heavy atom. The summed E-state index contributed by atoms with van der Waals surface area (Å²) >= 11 is 0. The van der Waals surface area contributed by atoms with Gasteiger partial charge in [-0.3, -0.25) is 5.10 Å². The predicted octanol–water partition coefficient (Wildman–Crippen LogP) is 5.05. The van der Waals surface area contributed by atoms with Crippen LogP contribution in [0.1, 0.15) is 42.9 Å². The van der Waals surface area contributed by atoms with E-state index < -0.39 is 11.7 Å². The molecule has 0 aliphatic heterocycles. The Balaban J connectivity index is 2.37. The smallest absolute Gasteiger partial charge is 0.416 e. The standard InChI is InChI=1S/C21H30F3N3O2/c1-5-6-8-27(3)14-16-13-25-26-20(16)18-11-17(29-10-7-9-28-4)12-19(15(18)2)21(22,23)24/h11-13H,5-10,14H2,1-4H3,(H,25,26). The number of nitrogens with one attached hydrogen (secondary N) is 1. The first-order chi connectivity index (χ1) is 13.8. The highest BCUT2D eigenvalue weighted by atomic mass is 19.4. The fourth-order valence-electron chi connectivity index (χ4n) is 3.18. The number of unbranched alkanes of at least 4 members (excludes halogenated alkanes) is 1. The summed E-state index contributed by atoms with van der Waals surface area (Å²) < 4.78 is 51.5. The number of aromatic amines is 1. The molecule has 162 valence electrons. The van der Waals surface area contributed by atoms with Gasteiger partial charge in [0.05, 0.1) is 24.1 Å². The van der Waals surface area contributed by atoms with Gasteiger partial charge < -0.3 is 14.4 Å². The molecular formula is C21H30F3N3O2. The lowest BCUT2D eigenvalue weighted by atomic mass is 9.97. The van der Waals surface area contributed by atoms with Crippen molar-refractivity contribution < 1.29 is 22.6 Å². The van der Waals surface area contributed by atoms with Crippen molar-refractivity contribution in [2.75, 3.05) is 33.9 Å². The van der Waals surface area contributed by atoms with Crippen LogP contribution >= 0.6 is 0 Å². The second kappa shape index (κ2) is 10.6. The number of methoxy groups -OCH3 is 1. The zero-order chi connectivity index (χ0) is 21.4. The van der Waals surface area contributed by atoms with Gasteiger partial charge in [-0.2, -0.15) is 18.3 Å². The molecule has 2 aromatic rings. The van der Waals surface area contributed by atoms with Crippen molar-refractivity contribution >= 4 is 0 Å². The third kappa shape index (κ3) is 6.47. The highest BCUT2D eigenvalue weighted by Gasteiger charge is 2.34. The first kappa shape index (κ1) is 23.2. The Morgan fingerprint density at radius 3 is 2.59 bits per heavy atom. The van der Waals surface area contributed by atoms with Gasteiger partial charge in [0, 0.05) is 37.8 Å². The summed E-state index contributed by atoms with van der Waals surface area (Å²) in [4.78, 5) is 2.14. The van der Waals surface area contributed by atoms with Gasteiger partial charge in [-0.25, -0.2) is 0 Å². The van der Waals surface area contributed by atoms with Crippen molar-refractivity contribution in [3.63, 3.8) is 0 Å². The number of benzene rings is 1. The Bertz CT molecular complexity index is 775. The summed E-state index contributed by atoms with van der Waals surface area (Å²) in [5.41, 5.74) is 1.37. The minimum atomic E-state index is -4.47. The van der Waals surface area contributed by atoms with Crippen LogP contribution in [-0.4, -0.2) is 49.0 Å². The van der Waals surface area contributed by atoms with E-state index in [4.69, 9.17) is 9.47 Å². The minimum Gasteiger partial charge on any atom is -0.493 e. The van der Waals surface area contributed by atoms with Crippen molar-refractivity contribution in [1.82, 2.24) is 15.1 Å². The molecule has 0 bridgehead atoms. The van der Waals surface area contributed by atoms with Crippen LogP contribution in [0.25, 0.3) is 11.3 Å². The topological polar surface area (TPSA) is 50.4 Å².